The first-order chi connectivity index (χ1) is 9.54. The van der Waals surface area contributed by atoms with E-state index in [1.807, 2.05) is 0 Å². The Morgan fingerprint density at radius 2 is 2.10 bits per heavy atom. The molecule has 110 valence electrons. The molecule has 1 aromatic rings. The summed E-state index contributed by atoms with van der Waals surface area (Å²) in [5, 5.41) is 11.1. The summed E-state index contributed by atoms with van der Waals surface area (Å²) >= 11 is 0. The average molecular weight is 281 g/mol. The van der Waals surface area contributed by atoms with Crippen molar-refractivity contribution in [1.29, 1.82) is 0 Å². The molecule has 0 spiro atoms. The number of carbonyl (C=O) groups excluding carboxylic acids is 1. The molecule has 6 nitrogen and oxygen atoms in total. The fourth-order valence-electron chi connectivity index (χ4n) is 1.46. The standard InChI is InChI=1S/C14H19NO5/c1-10(14(17)18)15-13(16)11-5-3-6-12(9-11)20-8-4-7-19-2/h3,5-6,9-10H,4,7-8H2,1-2H3,(H,15,16)(H,17,18). The van der Waals surface area contributed by atoms with Crippen LogP contribution >= 0.6 is 0 Å². The van der Waals surface area contributed by atoms with E-state index >= 15 is 0 Å². The molecule has 1 unspecified atom stereocenters. The number of hydrogen-bond donors (Lipinski definition) is 2. The van der Waals surface area contributed by atoms with E-state index in [1.54, 1.807) is 31.4 Å². The zero-order valence-electron chi connectivity index (χ0n) is 11.6. The number of carboxylic acid groups (broad SMARTS) is 1. The SMILES string of the molecule is COCCCOc1cccc(C(=O)NC(C)C(=O)O)c1. The Hall–Kier alpha value is -2.08. The highest BCUT2D eigenvalue weighted by atomic mass is 16.5. The number of rotatable bonds is 8. The van der Waals surface area contributed by atoms with Crippen molar-refractivity contribution in [3.63, 3.8) is 0 Å². The van der Waals surface area contributed by atoms with Gasteiger partial charge in [0.15, 0.2) is 0 Å². The van der Waals surface area contributed by atoms with Crippen LogP contribution in [0, 0.1) is 0 Å². The number of hydrogen-bond acceptors (Lipinski definition) is 4. The molecular weight excluding hydrogens is 262 g/mol. The van der Waals surface area contributed by atoms with Crippen molar-refractivity contribution in [3.05, 3.63) is 29.8 Å². The van der Waals surface area contributed by atoms with Gasteiger partial charge < -0.3 is 19.9 Å². The second-order valence-corrected chi connectivity index (χ2v) is 4.26. The van der Waals surface area contributed by atoms with Crippen LogP contribution in [-0.4, -0.2) is 43.3 Å². The number of ether oxygens (including phenoxy) is 2. The third-order valence-electron chi connectivity index (χ3n) is 2.58. The molecule has 0 bridgehead atoms. The fraction of sp³-hybridized carbons (Fsp3) is 0.429. The third-order valence-corrected chi connectivity index (χ3v) is 2.58. The second kappa shape index (κ2) is 8.16. The molecule has 0 radical (unpaired) electrons. The number of amides is 1. The summed E-state index contributed by atoms with van der Waals surface area (Å²) in [5.74, 6) is -0.954. The van der Waals surface area contributed by atoms with E-state index in [0.717, 1.165) is 6.42 Å². The van der Waals surface area contributed by atoms with Crippen molar-refractivity contribution in [1.82, 2.24) is 5.32 Å². The topological polar surface area (TPSA) is 84.9 Å². The largest absolute Gasteiger partial charge is 0.493 e. The van der Waals surface area contributed by atoms with Crippen LogP contribution in [0.25, 0.3) is 0 Å². The number of methoxy groups -OCH3 is 1. The first-order valence-corrected chi connectivity index (χ1v) is 6.30. The second-order valence-electron chi connectivity index (χ2n) is 4.26. The Bertz CT molecular complexity index is 461. The Kier molecular flexibility index (Phi) is 6.52. The van der Waals surface area contributed by atoms with Crippen molar-refractivity contribution in [2.75, 3.05) is 20.3 Å². The van der Waals surface area contributed by atoms with Crippen LogP contribution in [0.5, 0.6) is 5.75 Å². The van der Waals surface area contributed by atoms with E-state index in [9.17, 15) is 9.59 Å². The number of aliphatic carboxylic acids is 1. The zero-order valence-corrected chi connectivity index (χ0v) is 11.6. The number of nitrogens with one attached hydrogen (secondary N) is 1. The van der Waals surface area contributed by atoms with Gasteiger partial charge in [0, 0.05) is 25.7 Å². The van der Waals surface area contributed by atoms with E-state index in [4.69, 9.17) is 14.6 Å². The first kappa shape index (κ1) is 16.0. The molecule has 0 aromatic heterocycles. The summed E-state index contributed by atoms with van der Waals surface area (Å²) in [4.78, 5) is 22.5. The van der Waals surface area contributed by atoms with Gasteiger partial charge in [-0.3, -0.25) is 9.59 Å². The summed E-state index contributed by atoms with van der Waals surface area (Å²) in [6, 6.07) is 5.67. The lowest BCUT2D eigenvalue weighted by atomic mass is 10.2. The normalized spacial score (nSPS) is 11.7. The molecule has 0 aliphatic heterocycles. The molecule has 0 aliphatic carbocycles. The molecule has 1 atom stereocenters. The van der Waals surface area contributed by atoms with Gasteiger partial charge in [-0.05, 0) is 25.1 Å². The summed E-state index contributed by atoms with van der Waals surface area (Å²) in [7, 11) is 1.62. The molecule has 0 heterocycles. The van der Waals surface area contributed by atoms with Crippen molar-refractivity contribution in [2.24, 2.45) is 0 Å². The van der Waals surface area contributed by atoms with Gasteiger partial charge in [-0.15, -0.1) is 0 Å². The third kappa shape index (κ3) is 5.27. The maximum absolute atomic E-state index is 11.8. The Morgan fingerprint density at radius 3 is 2.75 bits per heavy atom. The lowest BCUT2D eigenvalue weighted by Crippen LogP contribution is -2.38. The van der Waals surface area contributed by atoms with Crippen LogP contribution in [0.1, 0.15) is 23.7 Å². The summed E-state index contributed by atoms with van der Waals surface area (Å²) < 4.78 is 10.4. The highest BCUT2D eigenvalue weighted by molar-refractivity contribution is 5.96. The minimum Gasteiger partial charge on any atom is -0.493 e. The van der Waals surface area contributed by atoms with Gasteiger partial charge in [-0.25, -0.2) is 0 Å². The quantitative estimate of drug-likeness (QED) is 0.702. The van der Waals surface area contributed by atoms with Crippen molar-refractivity contribution < 1.29 is 24.2 Å². The van der Waals surface area contributed by atoms with Crippen LogP contribution in [0.2, 0.25) is 0 Å². The van der Waals surface area contributed by atoms with Gasteiger partial charge in [0.25, 0.3) is 5.91 Å². The maximum Gasteiger partial charge on any atom is 0.325 e. The van der Waals surface area contributed by atoms with Crippen molar-refractivity contribution >= 4 is 11.9 Å². The Morgan fingerprint density at radius 1 is 1.35 bits per heavy atom. The van der Waals surface area contributed by atoms with Crippen LogP contribution < -0.4 is 10.1 Å². The molecule has 1 amide bonds. The molecule has 6 heteroatoms. The van der Waals surface area contributed by atoms with Crippen LogP contribution in [0.4, 0.5) is 0 Å². The minimum atomic E-state index is -1.08. The van der Waals surface area contributed by atoms with Gasteiger partial charge in [0.2, 0.25) is 0 Å². The molecular formula is C14H19NO5. The molecule has 0 saturated heterocycles. The fourth-order valence-corrected chi connectivity index (χ4v) is 1.46. The van der Waals surface area contributed by atoms with Crippen molar-refractivity contribution in [3.8, 4) is 5.75 Å². The predicted molar refractivity (Wildman–Crippen MR) is 73.0 cm³/mol. The monoisotopic (exact) mass is 281 g/mol. The highest BCUT2D eigenvalue weighted by Crippen LogP contribution is 2.13. The number of carboxylic acids is 1. The van der Waals surface area contributed by atoms with Gasteiger partial charge in [-0.2, -0.15) is 0 Å². The van der Waals surface area contributed by atoms with Gasteiger partial charge in [0.05, 0.1) is 6.61 Å². The molecule has 20 heavy (non-hydrogen) atoms. The molecule has 1 aromatic carbocycles. The Labute approximate surface area is 117 Å². The zero-order chi connectivity index (χ0) is 15.0. The van der Waals surface area contributed by atoms with Crippen LogP contribution in [0.3, 0.4) is 0 Å². The summed E-state index contributed by atoms with van der Waals surface area (Å²) in [5.41, 5.74) is 0.363. The summed E-state index contributed by atoms with van der Waals surface area (Å²) in [6.07, 6.45) is 0.753. The molecule has 2 N–H and O–H groups in total. The summed E-state index contributed by atoms with van der Waals surface area (Å²) in [6.45, 7) is 2.51. The smallest absolute Gasteiger partial charge is 0.325 e. The van der Waals surface area contributed by atoms with Gasteiger partial charge >= 0.3 is 5.97 Å². The number of carbonyl (C=O) groups is 2. The lowest BCUT2D eigenvalue weighted by Gasteiger charge is -2.10. The van der Waals surface area contributed by atoms with E-state index < -0.39 is 17.9 Å². The average Bonchev–Trinajstić information content (AvgIpc) is 2.43. The highest BCUT2D eigenvalue weighted by Gasteiger charge is 2.15. The van der Waals surface area contributed by atoms with Crippen LogP contribution in [0.15, 0.2) is 24.3 Å². The van der Waals surface area contributed by atoms with E-state index in [1.165, 1.54) is 6.92 Å². The maximum atomic E-state index is 11.8. The number of benzene rings is 1. The van der Waals surface area contributed by atoms with Gasteiger partial charge in [-0.1, -0.05) is 6.07 Å². The predicted octanol–water partition coefficient (Wildman–Crippen LogP) is 1.30. The molecule has 0 fully saturated rings. The van der Waals surface area contributed by atoms with Crippen molar-refractivity contribution in [2.45, 2.75) is 19.4 Å². The van der Waals surface area contributed by atoms with E-state index in [-0.39, 0.29) is 0 Å². The molecule has 0 saturated carbocycles. The molecule has 1 rings (SSSR count). The first-order valence-electron chi connectivity index (χ1n) is 6.30. The lowest BCUT2D eigenvalue weighted by molar-refractivity contribution is -0.138. The minimum absolute atomic E-state index is 0.363. The van der Waals surface area contributed by atoms with E-state index in [0.29, 0.717) is 24.5 Å². The molecule has 0 aliphatic rings. The van der Waals surface area contributed by atoms with Gasteiger partial charge in [0.1, 0.15) is 11.8 Å². The van der Waals surface area contributed by atoms with Crippen LogP contribution in [-0.2, 0) is 9.53 Å². The van der Waals surface area contributed by atoms with E-state index in [2.05, 4.69) is 5.32 Å². The Balaban J connectivity index is 2.58.